The first-order valence-corrected chi connectivity index (χ1v) is 13.5. The van der Waals surface area contributed by atoms with E-state index in [4.69, 9.17) is 14.2 Å². The molecule has 0 fully saturated rings. The highest BCUT2D eigenvalue weighted by atomic mass is 79.9. The summed E-state index contributed by atoms with van der Waals surface area (Å²) in [6.45, 7) is 0. The Balaban J connectivity index is 1.93. The Morgan fingerprint density at radius 3 is 2.00 bits per heavy atom. The molecule has 0 unspecified atom stereocenters. The topological polar surface area (TPSA) is 85.2 Å². The van der Waals surface area contributed by atoms with Gasteiger partial charge >= 0.3 is 5.97 Å². The number of esters is 1. The largest absolute Gasteiger partial charge is 0.506 e. The molecule has 2 N–H and O–H groups in total. The second-order valence-electron chi connectivity index (χ2n) is 7.67. The van der Waals surface area contributed by atoms with Crippen molar-refractivity contribution in [2.24, 2.45) is 0 Å². The molecule has 0 aromatic heterocycles. The lowest BCUT2D eigenvalue weighted by atomic mass is 9.92. The Kier molecular flexibility index (Phi) is 8.31. The third-order valence-corrected chi connectivity index (χ3v) is 7.86. The molecule has 36 heavy (non-hydrogen) atoms. The number of hydrogen-bond acceptors (Lipinski definition) is 6. The van der Waals surface area contributed by atoms with Crippen LogP contribution in [0.5, 0.6) is 17.2 Å². The fourth-order valence-electron chi connectivity index (χ4n) is 3.75. The van der Waals surface area contributed by atoms with Crippen molar-refractivity contribution in [1.82, 2.24) is 0 Å². The predicted octanol–water partition coefficient (Wildman–Crippen LogP) is 7.54. The van der Waals surface area contributed by atoms with Gasteiger partial charge in [0.1, 0.15) is 29.1 Å². The molecule has 1 aliphatic rings. The van der Waals surface area contributed by atoms with Gasteiger partial charge in [0.2, 0.25) is 0 Å². The summed E-state index contributed by atoms with van der Waals surface area (Å²) in [5.41, 5.74) is 2.22. The van der Waals surface area contributed by atoms with Gasteiger partial charge in [0.15, 0.2) is 0 Å². The Morgan fingerprint density at radius 1 is 0.889 bits per heavy atom. The Labute approximate surface area is 241 Å². The number of aliphatic hydroxyl groups excluding tert-OH is 1. The number of benzene rings is 3. The molecule has 3 aromatic carbocycles. The van der Waals surface area contributed by atoms with Gasteiger partial charge in [-0.1, -0.05) is 12.1 Å². The molecule has 10 heteroatoms. The molecule has 0 saturated heterocycles. The normalized spacial score (nSPS) is 15.3. The maximum Gasteiger partial charge on any atom is 0.343 e. The first-order valence-electron chi connectivity index (χ1n) is 10.4. The van der Waals surface area contributed by atoms with Crippen LogP contribution in [0, 0.1) is 0 Å². The molecule has 1 atom stereocenters. The number of hydrogen-bond donors (Lipinski definition) is 2. The minimum absolute atomic E-state index is 0.00962. The molecule has 1 heterocycles. The van der Waals surface area contributed by atoms with Crippen LogP contribution in [-0.4, -0.2) is 30.4 Å². The first-order chi connectivity index (χ1) is 17.1. The highest BCUT2D eigenvalue weighted by Crippen LogP contribution is 2.46. The van der Waals surface area contributed by atoms with E-state index in [0.29, 0.717) is 46.1 Å². The second kappa shape index (κ2) is 11.1. The fraction of sp³-hybridized carbons (Fsp3) is 0.115. The van der Waals surface area contributed by atoms with Crippen molar-refractivity contribution in [1.29, 1.82) is 0 Å². The average Bonchev–Trinajstić information content (AvgIpc) is 3.17. The van der Waals surface area contributed by atoms with Crippen LogP contribution in [0.1, 0.15) is 22.8 Å². The van der Waals surface area contributed by atoms with Crippen LogP contribution in [0.15, 0.2) is 77.8 Å². The molecule has 0 radical (unpaired) electrons. The van der Waals surface area contributed by atoms with Gasteiger partial charge in [-0.2, -0.15) is 0 Å². The van der Waals surface area contributed by atoms with Crippen LogP contribution in [0.25, 0.3) is 11.6 Å². The number of phenols is 1. The maximum atomic E-state index is 13.2. The number of aliphatic hydroxyl groups is 1. The van der Waals surface area contributed by atoms with Crippen LogP contribution < -0.4 is 9.47 Å². The minimum Gasteiger partial charge on any atom is -0.506 e. The summed E-state index contributed by atoms with van der Waals surface area (Å²) in [5, 5.41) is 21.7. The van der Waals surface area contributed by atoms with Gasteiger partial charge in [-0.05, 0) is 123 Å². The van der Waals surface area contributed by atoms with E-state index in [1.54, 1.807) is 49.6 Å². The molecule has 186 valence electrons. The van der Waals surface area contributed by atoms with Gasteiger partial charge in [-0.15, -0.1) is 0 Å². The number of cyclic esters (lactones) is 1. The third-order valence-electron chi connectivity index (χ3n) is 5.47. The summed E-state index contributed by atoms with van der Waals surface area (Å²) in [4.78, 5) is 13.2. The van der Waals surface area contributed by atoms with Gasteiger partial charge < -0.3 is 24.4 Å². The summed E-state index contributed by atoms with van der Waals surface area (Å²) in [5.74, 6) is 0.835. The van der Waals surface area contributed by atoms with E-state index >= 15 is 0 Å². The molecule has 4 rings (SSSR count). The minimum atomic E-state index is -1.32. The van der Waals surface area contributed by atoms with Gasteiger partial charge in [-0.25, -0.2) is 4.79 Å². The number of methoxy groups -OCH3 is 2. The van der Waals surface area contributed by atoms with E-state index in [0.717, 1.165) is 5.56 Å². The quantitative estimate of drug-likeness (QED) is 0.254. The predicted molar refractivity (Wildman–Crippen MR) is 151 cm³/mol. The van der Waals surface area contributed by atoms with E-state index in [-0.39, 0.29) is 17.1 Å². The summed E-state index contributed by atoms with van der Waals surface area (Å²) < 4.78 is 18.3. The van der Waals surface area contributed by atoms with Crippen molar-refractivity contribution < 1.29 is 29.2 Å². The number of aromatic hydroxyl groups is 1. The zero-order chi connectivity index (χ0) is 26.1. The lowest BCUT2D eigenvalue weighted by Crippen LogP contribution is -2.10. The lowest BCUT2D eigenvalue weighted by Gasteiger charge is -2.16. The highest BCUT2D eigenvalue weighted by Gasteiger charge is 2.37. The number of allylic oxidation sites excluding steroid dienone is 1. The van der Waals surface area contributed by atoms with E-state index in [1.807, 2.05) is 12.1 Å². The van der Waals surface area contributed by atoms with Crippen LogP contribution in [0.4, 0.5) is 0 Å². The van der Waals surface area contributed by atoms with Gasteiger partial charge in [0.25, 0.3) is 0 Å². The molecule has 1 aliphatic heterocycles. The fourth-order valence-corrected chi connectivity index (χ4v) is 6.48. The van der Waals surface area contributed by atoms with E-state index in [1.165, 1.54) is 7.11 Å². The van der Waals surface area contributed by atoms with E-state index < -0.39 is 12.1 Å². The van der Waals surface area contributed by atoms with Crippen LogP contribution >= 0.6 is 63.7 Å². The van der Waals surface area contributed by atoms with Crippen molar-refractivity contribution in [3.63, 3.8) is 0 Å². The molecular formula is C26H18Br4O6. The number of carbonyl (C=O) groups is 1. The first kappa shape index (κ1) is 26.9. The van der Waals surface area contributed by atoms with Crippen molar-refractivity contribution in [2.45, 2.75) is 6.10 Å². The monoisotopic (exact) mass is 742 g/mol. The second-order valence-corrected chi connectivity index (χ2v) is 11.1. The summed E-state index contributed by atoms with van der Waals surface area (Å²) in [6, 6.07) is 13.9. The number of carbonyl (C=O) groups excluding carboxylic acids is 1. The van der Waals surface area contributed by atoms with Crippen molar-refractivity contribution in [3.8, 4) is 17.2 Å². The number of halogens is 4. The molecule has 0 aliphatic carbocycles. The SMILES string of the molecule is COc1ccc(/C=C2\OC(=O)C([C@@H](O)c3cc(Br)c(OC)c(Br)c3)=C2c2cc(Br)c(O)c(Br)c2)cc1. The highest BCUT2D eigenvalue weighted by molar-refractivity contribution is 9.11. The van der Waals surface area contributed by atoms with Crippen LogP contribution in [0.2, 0.25) is 0 Å². The molecular weight excluding hydrogens is 728 g/mol. The van der Waals surface area contributed by atoms with Gasteiger partial charge in [0, 0.05) is 5.57 Å². The maximum absolute atomic E-state index is 13.2. The number of phenolic OH excluding ortho intramolecular Hbond substituents is 1. The standard InChI is InChI=1S/C26H18Br4O6/c1-34-15-5-3-12(4-6-15)7-20-21(13-8-16(27)24(32)17(28)9-13)22(26(33)36-20)23(31)14-10-18(29)25(35-2)19(30)11-14/h3-11,23,31-32H,1-2H3/b20-7-/t23-/m0/s1. The van der Waals surface area contributed by atoms with Crippen molar-refractivity contribution >= 4 is 81.3 Å². The summed E-state index contributed by atoms with van der Waals surface area (Å²) >= 11 is 13.6. The summed E-state index contributed by atoms with van der Waals surface area (Å²) in [6.07, 6.45) is 0.389. The average molecular weight is 746 g/mol. The van der Waals surface area contributed by atoms with Crippen LogP contribution in [-0.2, 0) is 9.53 Å². The van der Waals surface area contributed by atoms with Gasteiger partial charge in [-0.3, -0.25) is 0 Å². The molecule has 6 nitrogen and oxygen atoms in total. The van der Waals surface area contributed by atoms with Gasteiger partial charge in [0.05, 0.1) is 37.7 Å². The number of rotatable bonds is 6. The Bertz CT molecular complexity index is 1370. The van der Waals surface area contributed by atoms with Crippen LogP contribution in [0.3, 0.4) is 0 Å². The van der Waals surface area contributed by atoms with Crippen molar-refractivity contribution in [3.05, 3.63) is 94.4 Å². The Morgan fingerprint density at radius 2 is 1.47 bits per heavy atom. The zero-order valence-electron chi connectivity index (χ0n) is 18.8. The summed E-state index contributed by atoms with van der Waals surface area (Å²) in [7, 11) is 3.11. The molecule has 3 aromatic rings. The molecule has 0 amide bonds. The third kappa shape index (κ3) is 5.28. The van der Waals surface area contributed by atoms with Crippen molar-refractivity contribution in [2.75, 3.05) is 14.2 Å². The number of ether oxygens (including phenoxy) is 3. The van der Waals surface area contributed by atoms with E-state index in [2.05, 4.69) is 63.7 Å². The molecule has 0 saturated carbocycles. The Hall–Kier alpha value is -2.11. The molecule has 0 spiro atoms. The van der Waals surface area contributed by atoms with E-state index in [9.17, 15) is 15.0 Å². The molecule has 0 bridgehead atoms. The lowest BCUT2D eigenvalue weighted by molar-refractivity contribution is -0.134. The zero-order valence-corrected chi connectivity index (χ0v) is 25.2. The smallest absolute Gasteiger partial charge is 0.343 e.